The van der Waals surface area contributed by atoms with Crippen LogP contribution in [0.25, 0.3) is 0 Å². The molecule has 0 aliphatic carbocycles. The molecule has 1 heterocycles. The second kappa shape index (κ2) is 7.70. The van der Waals surface area contributed by atoms with Crippen LogP contribution in [0.1, 0.15) is 17.3 Å². The summed E-state index contributed by atoms with van der Waals surface area (Å²) < 4.78 is 14.3. The Kier molecular flexibility index (Phi) is 5.53. The standard InChI is InChI=1S/C18H16Cl2FN3O3/c1-11-10-22(17-5-3-13(24(26)27)9-16(17)21)6-7-23(11)18(25)14-4-2-12(19)8-15(14)20/h2-5,8-9,11H,6-7,10H2,1H3/t11-/m0/s1. The fraction of sp³-hybridized carbons (Fsp3) is 0.278. The van der Waals surface area contributed by atoms with Gasteiger partial charge in [0.25, 0.3) is 11.6 Å². The molecule has 1 aliphatic rings. The lowest BCUT2D eigenvalue weighted by Gasteiger charge is -2.41. The van der Waals surface area contributed by atoms with E-state index in [2.05, 4.69) is 0 Å². The molecule has 0 radical (unpaired) electrons. The Morgan fingerprint density at radius 3 is 2.56 bits per heavy atom. The van der Waals surface area contributed by atoms with E-state index in [1.165, 1.54) is 18.2 Å². The third-order valence-electron chi connectivity index (χ3n) is 4.53. The molecule has 0 spiro atoms. The Bertz CT molecular complexity index is 909. The molecule has 0 N–H and O–H groups in total. The van der Waals surface area contributed by atoms with Crippen molar-refractivity contribution in [2.45, 2.75) is 13.0 Å². The van der Waals surface area contributed by atoms with Crippen LogP contribution in [-0.4, -0.2) is 41.4 Å². The number of anilines is 1. The summed E-state index contributed by atoms with van der Waals surface area (Å²) in [6.07, 6.45) is 0. The van der Waals surface area contributed by atoms with Crippen LogP contribution in [0.2, 0.25) is 10.0 Å². The molecular weight excluding hydrogens is 396 g/mol. The first kappa shape index (κ1) is 19.4. The zero-order valence-corrected chi connectivity index (χ0v) is 15.9. The fourth-order valence-corrected chi connectivity index (χ4v) is 3.65. The van der Waals surface area contributed by atoms with E-state index >= 15 is 0 Å². The summed E-state index contributed by atoms with van der Waals surface area (Å²) in [6.45, 7) is 3.02. The predicted octanol–water partition coefficient (Wildman–Crippen LogP) is 4.39. The molecule has 0 bridgehead atoms. The molecule has 9 heteroatoms. The number of piperazine rings is 1. The highest BCUT2D eigenvalue weighted by molar-refractivity contribution is 6.36. The highest BCUT2D eigenvalue weighted by Gasteiger charge is 2.30. The van der Waals surface area contributed by atoms with Gasteiger partial charge in [0.05, 0.1) is 27.3 Å². The van der Waals surface area contributed by atoms with E-state index in [1.807, 2.05) is 6.92 Å². The van der Waals surface area contributed by atoms with Gasteiger partial charge in [-0.25, -0.2) is 4.39 Å². The fourth-order valence-electron chi connectivity index (χ4n) is 3.16. The Morgan fingerprint density at radius 2 is 1.96 bits per heavy atom. The maximum absolute atomic E-state index is 14.3. The summed E-state index contributed by atoms with van der Waals surface area (Å²) in [7, 11) is 0. The van der Waals surface area contributed by atoms with Crippen molar-refractivity contribution in [3.8, 4) is 0 Å². The number of amides is 1. The topological polar surface area (TPSA) is 66.7 Å². The van der Waals surface area contributed by atoms with E-state index in [4.69, 9.17) is 23.2 Å². The zero-order chi connectivity index (χ0) is 19.7. The molecular formula is C18H16Cl2FN3O3. The number of hydrogen-bond acceptors (Lipinski definition) is 4. The lowest BCUT2D eigenvalue weighted by atomic mass is 10.1. The van der Waals surface area contributed by atoms with Crippen molar-refractivity contribution in [3.63, 3.8) is 0 Å². The highest BCUT2D eigenvalue weighted by atomic mass is 35.5. The minimum Gasteiger partial charge on any atom is -0.365 e. The van der Waals surface area contributed by atoms with Crippen LogP contribution in [0.5, 0.6) is 0 Å². The number of hydrogen-bond donors (Lipinski definition) is 0. The number of halogens is 3. The van der Waals surface area contributed by atoms with E-state index in [1.54, 1.807) is 21.9 Å². The van der Waals surface area contributed by atoms with Crippen molar-refractivity contribution in [3.05, 3.63) is 67.9 Å². The van der Waals surface area contributed by atoms with Gasteiger partial charge in [-0.1, -0.05) is 23.2 Å². The summed E-state index contributed by atoms with van der Waals surface area (Å²) in [5.41, 5.74) is 0.349. The minimum absolute atomic E-state index is 0.201. The van der Waals surface area contributed by atoms with Gasteiger partial charge in [-0.2, -0.15) is 0 Å². The summed E-state index contributed by atoms with van der Waals surface area (Å²) in [6, 6.07) is 8.08. The lowest BCUT2D eigenvalue weighted by molar-refractivity contribution is -0.385. The van der Waals surface area contributed by atoms with Crippen molar-refractivity contribution < 1.29 is 14.1 Å². The van der Waals surface area contributed by atoms with Gasteiger partial charge in [0.2, 0.25) is 0 Å². The monoisotopic (exact) mass is 411 g/mol. The maximum Gasteiger partial charge on any atom is 0.272 e. The van der Waals surface area contributed by atoms with Crippen LogP contribution in [0, 0.1) is 15.9 Å². The van der Waals surface area contributed by atoms with Gasteiger partial charge in [-0.15, -0.1) is 0 Å². The predicted molar refractivity (Wildman–Crippen MR) is 102 cm³/mol. The largest absolute Gasteiger partial charge is 0.365 e. The van der Waals surface area contributed by atoms with Gasteiger partial charge in [0.1, 0.15) is 0 Å². The Hall–Kier alpha value is -2.38. The molecule has 0 aromatic heterocycles. The van der Waals surface area contributed by atoms with E-state index < -0.39 is 10.7 Å². The second-order valence-electron chi connectivity index (χ2n) is 6.31. The van der Waals surface area contributed by atoms with E-state index in [0.717, 1.165) is 6.07 Å². The Balaban J connectivity index is 1.76. The normalized spacial score (nSPS) is 17.1. The van der Waals surface area contributed by atoms with Crippen molar-refractivity contribution in [1.29, 1.82) is 0 Å². The minimum atomic E-state index is -0.656. The number of carbonyl (C=O) groups is 1. The maximum atomic E-state index is 14.3. The molecule has 3 rings (SSSR count). The first-order chi connectivity index (χ1) is 12.8. The number of nitro groups is 1. The zero-order valence-electron chi connectivity index (χ0n) is 14.4. The summed E-state index contributed by atoms with van der Waals surface area (Å²) >= 11 is 12.0. The number of rotatable bonds is 3. The molecule has 1 fully saturated rings. The molecule has 142 valence electrons. The quantitative estimate of drug-likeness (QED) is 0.554. The number of carbonyl (C=O) groups excluding carboxylic acids is 1. The van der Waals surface area contributed by atoms with Crippen LogP contribution >= 0.6 is 23.2 Å². The molecule has 1 saturated heterocycles. The number of nitrogens with zero attached hydrogens (tertiary/aromatic N) is 3. The van der Waals surface area contributed by atoms with Crippen LogP contribution in [0.15, 0.2) is 36.4 Å². The van der Waals surface area contributed by atoms with Crippen molar-refractivity contribution in [2.75, 3.05) is 24.5 Å². The van der Waals surface area contributed by atoms with Gasteiger partial charge < -0.3 is 9.80 Å². The van der Waals surface area contributed by atoms with Crippen molar-refractivity contribution >= 4 is 40.5 Å². The van der Waals surface area contributed by atoms with Crippen LogP contribution in [0.3, 0.4) is 0 Å². The van der Waals surface area contributed by atoms with E-state index in [0.29, 0.717) is 30.2 Å². The molecule has 0 unspecified atom stereocenters. The molecule has 2 aromatic carbocycles. The molecule has 27 heavy (non-hydrogen) atoms. The smallest absolute Gasteiger partial charge is 0.272 e. The van der Waals surface area contributed by atoms with Gasteiger partial charge in [-0.05, 0) is 31.2 Å². The summed E-state index contributed by atoms with van der Waals surface area (Å²) in [5.74, 6) is -0.870. The summed E-state index contributed by atoms with van der Waals surface area (Å²) in [4.78, 5) is 26.4. The Morgan fingerprint density at radius 1 is 1.22 bits per heavy atom. The van der Waals surface area contributed by atoms with Gasteiger partial charge >= 0.3 is 0 Å². The van der Waals surface area contributed by atoms with E-state index in [9.17, 15) is 19.3 Å². The highest BCUT2D eigenvalue weighted by Crippen LogP contribution is 2.28. The summed E-state index contributed by atoms with van der Waals surface area (Å²) in [5, 5.41) is 11.5. The number of benzene rings is 2. The number of nitro benzene ring substituents is 1. The van der Waals surface area contributed by atoms with Gasteiger partial charge in [0, 0.05) is 36.8 Å². The Labute approximate surface area is 165 Å². The molecule has 2 aromatic rings. The molecule has 1 aliphatic heterocycles. The SMILES string of the molecule is C[C@H]1CN(c2ccc([N+](=O)[O-])cc2F)CCN1C(=O)c1ccc(Cl)cc1Cl. The first-order valence-corrected chi connectivity index (χ1v) is 8.98. The third-order valence-corrected chi connectivity index (χ3v) is 5.08. The van der Waals surface area contributed by atoms with Crippen LogP contribution in [-0.2, 0) is 0 Å². The molecule has 1 atom stereocenters. The third kappa shape index (κ3) is 3.99. The molecule has 1 amide bonds. The molecule has 0 saturated carbocycles. The van der Waals surface area contributed by atoms with Crippen LogP contribution < -0.4 is 4.90 Å². The average molecular weight is 412 g/mol. The average Bonchev–Trinajstić information content (AvgIpc) is 2.61. The first-order valence-electron chi connectivity index (χ1n) is 8.23. The molecule has 6 nitrogen and oxygen atoms in total. The second-order valence-corrected chi connectivity index (χ2v) is 7.15. The van der Waals surface area contributed by atoms with Crippen molar-refractivity contribution in [1.82, 2.24) is 4.90 Å². The van der Waals surface area contributed by atoms with Gasteiger partial charge in [0.15, 0.2) is 5.82 Å². The van der Waals surface area contributed by atoms with Gasteiger partial charge in [-0.3, -0.25) is 14.9 Å². The van der Waals surface area contributed by atoms with E-state index in [-0.39, 0.29) is 28.3 Å². The van der Waals surface area contributed by atoms with Crippen molar-refractivity contribution in [2.24, 2.45) is 0 Å². The lowest BCUT2D eigenvalue weighted by Crippen LogP contribution is -2.54. The van der Waals surface area contributed by atoms with Crippen LogP contribution in [0.4, 0.5) is 15.8 Å². The number of non-ortho nitro benzene ring substituents is 1.